The number of likely N-dealkylation sites (N-methyl/N-ethyl adjacent to an activating group) is 1. The van der Waals surface area contributed by atoms with Crippen LogP contribution in [-0.2, 0) is 0 Å². The highest BCUT2D eigenvalue weighted by atomic mass is 16.5. The molecule has 1 aromatic rings. The van der Waals surface area contributed by atoms with E-state index in [1.54, 1.807) is 23.2 Å². The van der Waals surface area contributed by atoms with Gasteiger partial charge in [-0.3, -0.25) is 5.01 Å². The van der Waals surface area contributed by atoms with Gasteiger partial charge in [-0.1, -0.05) is 0 Å². The summed E-state index contributed by atoms with van der Waals surface area (Å²) in [5.74, 6) is 0.625. The Bertz CT molecular complexity index is 426. The highest BCUT2D eigenvalue weighted by Gasteiger charge is 2.13. The summed E-state index contributed by atoms with van der Waals surface area (Å²) < 4.78 is 5.00. The first-order chi connectivity index (χ1) is 8.69. The van der Waals surface area contributed by atoms with Crippen molar-refractivity contribution in [3.05, 3.63) is 23.8 Å². The zero-order chi connectivity index (χ0) is 13.0. The molecule has 1 aliphatic heterocycles. The smallest absolute Gasteiger partial charge is 0.160 e. The lowest BCUT2D eigenvalue weighted by Crippen LogP contribution is -3.11. The number of methoxy groups -OCH3 is 1. The molecular weight excluding hydrogens is 230 g/mol. The normalized spacial score (nSPS) is 17.3. The molecule has 0 unspecified atom stereocenters. The molecule has 5 nitrogen and oxygen atoms in total. The van der Waals surface area contributed by atoms with Gasteiger partial charge in [0, 0.05) is 0 Å². The first-order valence-corrected chi connectivity index (χ1v) is 6.16. The maximum atomic E-state index is 9.66. The lowest BCUT2D eigenvalue weighted by atomic mass is 10.2. The van der Waals surface area contributed by atoms with E-state index in [-0.39, 0.29) is 5.75 Å². The minimum absolute atomic E-state index is 0.143. The summed E-state index contributed by atoms with van der Waals surface area (Å²) in [7, 11) is 3.73. The Morgan fingerprint density at radius 1 is 1.39 bits per heavy atom. The van der Waals surface area contributed by atoms with Gasteiger partial charge in [0.05, 0.1) is 46.6 Å². The first-order valence-electron chi connectivity index (χ1n) is 6.16. The van der Waals surface area contributed by atoms with E-state index in [1.807, 2.05) is 6.07 Å². The van der Waals surface area contributed by atoms with Crippen molar-refractivity contribution in [2.45, 2.75) is 0 Å². The summed E-state index contributed by atoms with van der Waals surface area (Å²) in [4.78, 5) is 1.54. The number of benzene rings is 1. The zero-order valence-electron chi connectivity index (χ0n) is 10.9. The molecule has 1 aliphatic rings. The van der Waals surface area contributed by atoms with E-state index in [0.29, 0.717) is 5.75 Å². The monoisotopic (exact) mass is 250 g/mol. The standard InChI is InChI=1S/C13H19N3O2/c1-15-5-7-16(8-6-15)14-10-11-3-4-13(18-2)12(17)9-11/h3-4,9-10,17H,5-8H2,1-2H3/p+1. The molecule has 5 heteroatoms. The molecule has 18 heavy (non-hydrogen) atoms. The van der Waals surface area contributed by atoms with E-state index in [4.69, 9.17) is 4.74 Å². The summed E-state index contributed by atoms with van der Waals surface area (Å²) in [6.07, 6.45) is 1.78. The van der Waals surface area contributed by atoms with Crippen LogP contribution in [0.2, 0.25) is 0 Å². The van der Waals surface area contributed by atoms with Gasteiger partial charge in [-0.2, -0.15) is 5.10 Å². The summed E-state index contributed by atoms with van der Waals surface area (Å²) >= 11 is 0. The molecule has 98 valence electrons. The quantitative estimate of drug-likeness (QED) is 0.715. The summed E-state index contributed by atoms with van der Waals surface area (Å²) in [6, 6.07) is 5.28. The van der Waals surface area contributed by atoms with Gasteiger partial charge in [0.15, 0.2) is 11.5 Å². The molecule has 0 radical (unpaired) electrons. The van der Waals surface area contributed by atoms with Crippen LogP contribution in [0.15, 0.2) is 23.3 Å². The largest absolute Gasteiger partial charge is 0.504 e. The van der Waals surface area contributed by atoms with Gasteiger partial charge in [0.1, 0.15) is 0 Å². The van der Waals surface area contributed by atoms with Crippen molar-refractivity contribution in [2.24, 2.45) is 5.10 Å². The highest BCUT2D eigenvalue weighted by molar-refractivity contribution is 5.80. The van der Waals surface area contributed by atoms with Crippen LogP contribution in [0, 0.1) is 0 Å². The molecule has 1 saturated heterocycles. The van der Waals surface area contributed by atoms with Gasteiger partial charge >= 0.3 is 0 Å². The van der Waals surface area contributed by atoms with Crippen LogP contribution in [-0.4, -0.2) is 56.7 Å². The third-order valence-electron chi connectivity index (χ3n) is 3.17. The van der Waals surface area contributed by atoms with E-state index in [2.05, 4.69) is 17.2 Å². The zero-order valence-corrected chi connectivity index (χ0v) is 10.9. The second kappa shape index (κ2) is 5.73. The second-order valence-corrected chi connectivity index (χ2v) is 4.59. The number of aromatic hydroxyl groups is 1. The number of nitrogens with one attached hydrogen (secondary N) is 1. The number of phenolic OH excluding ortho intramolecular Hbond substituents is 1. The maximum absolute atomic E-state index is 9.66. The molecule has 0 aromatic heterocycles. The molecule has 0 spiro atoms. The third-order valence-corrected chi connectivity index (χ3v) is 3.17. The molecular formula is C13H20N3O2+. The van der Waals surface area contributed by atoms with Gasteiger partial charge in [-0.25, -0.2) is 0 Å². The summed E-state index contributed by atoms with van der Waals surface area (Å²) in [5, 5.41) is 16.2. The van der Waals surface area contributed by atoms with E-state index in [0.717, 1.165) is 31.7 Å². The van der Waals surface area contributed by atoms with Gasteiger partial charge in [0.25, 0.3) is 0 Å². The number of nitrogens with zero attached hydrogens (tertiary/aromatic N) is 2. The maximum Gasteiger partial charge on any atom is 0.160 e. The molecule has 0 saturated carbocycles. The lowest BCUT2D eigenvalue weighted by molar-refractivity contribution is -0.884. The van der Waals surface area contributed by atoms with Crippen molar-refractivity contribution in [1.29, 1.82) is 0 Å². The van der Waals surface area contributed by atoms with Gasteiger partial charge in [-0.15, -0.1) is 0 Å². The van der Waals surface area contributed by atoms with Crippen molar-refractivity contribution in [1.82, 2.24) is 5.01 Å². The number of hydrogen-bond donors (Lipinski definition) is 2. The number of phenols is 1. The lowest BCUT2D eigenvalue weighted by Gasteiger charge is -2.27. The van der Waals surface area contributed by atoms with Gasteiger partial charge in [0.2, 0.25) is 0 Å². The van der Waals surface area contributed by atoms with Crippen LogP contribution in [0.4, 0.5) is 0 Å². The third kappa shape index (κ3) is 3.13. The van der Waals surface area contributed by atoms with Crippen molar-refractivity contribution in [3.63, 3.8) is 0 Å². The topological polar surface area (TPSA) is 49.5 Å². The predicted octanol–water partition coefficient (Wildman–Crippen LogP) is -0.435. The molecule has 1 heterocycles. The van der Waals surface area contributed by atoms with E-state index in [9.17, 15) is 5.11 Å². The van der Waals surface area contributed by atoms with Crippen molar-refractivity contribution < 1.29 is 14.7 Å². The second-order valence-electron chi connectivity index (χ2n) is 4.59. The van der Waals surface area contributed by atoms with Crippen molar-refractivity contribution in [2.75, 3.05) is 40.3 Å². The fourth-order valence-corrected chi connectivity index (χ4v) is 1.93. The molecule has 2 rings (SSSR count). The predicted molar refractivity (Wildman–Crippen MR) is 70.4 cm³/mol. The van der Waals surface area contributed by atoms with Crippen LogP contribution in [0.5, 0.6) is 11.5 Å². The van der Waals surface area contributed by atoms with Crippen LogP contribution >= 0.6 is 0 Å². The molecule has 0 amide bonds. The number of hydrazone groups is 1. The Morgan fingerprint density at radius 2 is 2.11 bits per heavy atom. The molecule has 0 bridgehead atoms. The van der Waals surface area contributed by atoms with E-state index >= 15 is 0 Å². The molecule has 1 aromatic carbocycles. The number of hydrogen-bond acceptors (Lipinski definition) is 4. The SMILES string of the molecule is COc1ccc(C=NN2CC[NH+](C)CC2)cc1O. The van der Waals surface area contributed by atoms with Crippen LogP contribution in [0.25, 0.3) is 0 Å². The van der Waals surface area contributed by atoms with Crippen LogP contribution < -0.4 is 9.64 Å². The van der Waals surface area contributed by atoms with Crippen molar-refractivity contribution in [3.8, 4) is 11.5 Å². The average molecular weight is 250 g/mol. The Morgan fingerprint density at radius 3 is 2.72 bits per heavy atom. The number of rotatable bonds is 3. The van der Waals surface area contributed by atoms with Gasteiger partial charge in [-0.05, 0) is 23.8 Å². The Labute approximate surface area is 107 Å². The Kier molecular flexibility index (Phi) is 4.04. The summed E-state index contributed by atoms with van der Waals surface area (Å²) in [5.41, 5.74) is 0.875. The number of piperazine rings is 1. The van der Waals surface area contributed by atoms with Crippen molar-refractivity contribution >= 4 is 6.21 Å². The highest BCUT2D eigenvalue weighted by Crippen LogP contribution is 2.25. The summed E-state index contributed by atoms with van der Waals surface area (Å²) in [6.45, 7) is 4.19. The van der Waals surface area contributed by atoms with E-state index in [1.165, 1.54) is 7.11 Å². The van der Waals surface area contributed by atoms with Crippen LogP contribution in [0.3, 0.4) is 0 Å². The molecule has 2 N–H and O–H groups in total. The molecule has 1 fully saturated rings. The molecule has 0 aliphatic carbocycles. The number of ether oxygens (including phenoxy) is 1. The van der Waals surface area contributed by atoms with E-state index < -0.39 is 0 Å². The minimum atomic E-state index is 0.143. The Hall–Kier alpha value is -1.75. The van der Waals surface area contributed by atoms with Crippen LogP contribution in [0.1, 0.15) is 5.56 Å². The van der Waals surface area contributed by atoms with Gasteiger partial charge < -0.3 is 14.7 Å². The average Bonchev–Trinajstić information content (AvgIpc) is 2.38. The molecule has 0 atom stereocenters. The number of quaternary nitrogens is 1. The minimum Gasteiger partial charge on any atom is -0.504 e. The Balaban J connectivity index is 1.98. The fraction of sp³-hybridized carbons (Fsp3) is 0.462. The first kappa shape index (κ1) is 12.7. The fourth-order valence-electron chi connectivity index (χ4n) is 1.93.